The molecule has 3 aromatic rings. The van der Waals surface area contributed by atoms with Gasteiger partial charge in [0.05, 0.1) is 0 Å². The van der Waals surface area contributed by atoms with Crippen LogP contribution < -0.4 is 4.90 Å². The second kappa shape index (κ2) is 5.17. The van der Waals surface area contributed by atoms with Crippen LogP contribution in [0.1, 0.15) is 0 Å². The minimum atomic E-state index is 0.535. The zero-order valence-corrected chi connectivity index (χ0v) is 11.4. The van der Waals surface area contributed by atoms with Gasteiger partial charge in [-0.3, -0.25) is 0 Å². The van der Waals surface area contributed by atoms with Crippen LogP contribution in [0.15, 0.2) is 59.0 Å². The third-order valence-electron chi connectivity index (χ3n) is 3.06. The molecule has 0 spiro atoms. The Hall–Kier alpha value is -2.62. The van der Waals surface area contributed by atoms with Gasteiger partial charge in [0.2, 0.25) is 11.8 Å². The van der Waals surface area contributed by atoms with Gasteiger partial charge in [0.1, 0.15) is 0 Å². The molecule has 1 aromatic heterocycles. The van der Waals surface area contributed by atoms with E-state index in [4.69, 9.17) is 4.42 Å². The minimum Gasteiger partial charge on any atom is -0.416 e. The highest BCUT2D eigenvalue weighted by molar-refractivity contribution is 5.63. The quantitative estimate of drug-likeness (QED) is 0.727. The van der Waals surface area contributed by atoms with Gasteiger partial charge in [-0.25, -0.2) is 0 Å². The topological polar surface area (TPSA) is 42.2 Å². The summed E-state index contributed by atoms with van der Waals surface area (Å²) in [5, 5.41) is 8.24. The Balaban J connectivity index is 1.96. The summed E-state index contributed by atoms with van der Waals surface area (Å²) in [6.07, 6.45) is 0. The summed E-state index contributed by atoms with van der Waals surface area (Å²) >= 11 is 0. The van der Waals surface area contributed by atoms with Gasteiger partial charge >= 0.3 is 0 Å². The number of hydrogen-bond acceptors (Lipinski definition) is 4. The summed E-state index contributed by atoms with van der Waals surface area (Å²) in [5.41, 5.74) is 2.95. The lowest BCUT2D eigenvalue weighted by molar-refractivity contribution is 0.584. The first-order valence-electron chi connectivity index (χ1n) is 6.41. The summed E-state index contributed by atoms with van der Waals surface area (Å²) in [7, 11) is 4.00. The molecule has 4 nitrogen and oxygen atoms in total. The van der Waals surface area contributed by atoms with Gasteiger partial charge in [-0.1, -0.05) is 24.3 Å². The molecular weight excluding hydrogens is 250 g/mol. The molecule has 4 heteroatoms. The molecule has 0 bridgehead atoms. The Bertz CT molecular complexity index is 705. The van der Waals surface area contributed by atoms with Crippen LogP contribution in [0.4, 0.5) is 5.69 Å². The number of rotatable bonds is 3. The molecule has 0 aliphatic heterocycles. The fourth-order valence-corrected chi connectivity index (χ4v) is 1.95. The van der Waals surface area contributed by atoms with E-state index in [1.54, 1.807) is 0 Å². The molecule has 0 unspecified atom stereocenters. The lowest BCUT2D eigenvalue weighted by atomic mass is 10.2. The molecule has 0 aliphatic carbocycles. The zero-order valence-electron chi connectivity index (χ0n) is 11.4. The fourth-order valence-electron chi connectivity index (χ4n) is 1.95. The van der Waals surface area contributed by atoms with E-state index in [-0.39, 0.29) is 0 Å². The highest BCUT2D eigenvalue weighted by Gasteiger charge is 2.10. The van der Waals surface area contributed by atoms with Crippen molar-refractivity contribution in [3.8, 4) is 22.9 Å². The first kappa shape index (κ1) is 12.4. The Kier molecular flexibility index (Phi) is 3.21. The number of benzene rings is 2. The van der Waals surface area contributed by atoms with Crippen LogP contribution in [0.3, 0.4) is 0 Å². The van der Waals surface area contributed by atoms with Crippen molar-refractivity contribution in [3.63, 3.8) is 0 Å². The maximum Gasteiger partial charge on any atom is 0.248 e. The van der Waals surface area contributed by atoms with Crippen molar-refractivity contribution in [2.24, 2.45) is 0 Å². The lowest BCUT2D eigenvalue weighted by Gasteiger charge is -2.12. The van der Waals surface area contributed by atoms with Crippen molar-refractivity contribution in [1.82, 2.24) is 10.2 Å². The van der Waals surface area contributed by atoms with Gasteiger partial charge in [0.25, 0.3) is 0 Å². The van der Waals surface area contributed by atoms with Crippen molar-refractivity contribution in [3.05, 3.63) is 54.6 Å². The minimum absolute atomic E-state index is 0.535. The van der Waals surface area contributed by atoms with E-state index in [9.17, 15) is 0 Å². The molecule has 0 N–H and O–H groups in total. The number of anilines is 1. The number of hydrogen-bond donors (Lipinski definition) is 0. The predicted molar refractivity (Wildman–Crippen MR) is 79.5 cm³/mol. The van der Waals surface area contributed by atoms with E-state index in [1.165, 1.54) is 0 Å². The standard InChI is InChI=1S/C16H15N3O/c1-19(2)14-10-6-9-13(11-14)16-18-17-15(20-16)12-7-4-3-5-8-12/h3-11H,1-2H3. The average Bonchev–Trinajstić information content (AvgIpc) is 2.98. The van der Waals surface area contributed by atoms with Crippen LogP contribution in [0.5, 0.6) is 0 Å². The zero-order chi connectivity index (χ0) is 13.9. The molecule has 0 amide bonds. The van der Waals surface area contributed by atoms with Crippen molar-refractivity contribution in [1.29, 1.82) is 0 Å². The maximum atomic E-state index is 5.75. The van der Waals surface area contributed by atoms with E-state index < -0.39 is 0 Å². The average molecular weight is 265 g/mol. The van der Waals surface area contributed by atoms with Gasteiger partial charge in [-0.05, 0) is 30.3 Å². The van der Waals surface area contributed by atoms with E-state index in [0.29, 0.717) is 11.8 Å². The van der Waals surface area contributed by atoms with Crippen LogP contribution in [-0.2, 0) is 0 Å². The summed E-state index contributed by atoms with van der Waals surface area (Å²) in [4.78, 5) is 2.04. The first-order chi connectivity index (χ1) is 9.74. The highest BCUT2D eigenvalue weighted by atomic mass is 16.4. The summed E-state index contributed by atoms with van der Waals surface area (Å²) in [6, 6.07) is 17.8. The monoisotopic (exact) mass is 265 g/mol. The summed E-state index contributed by atoms with van der Waals surface area (Å²) in [5.74, 6) is 1.07. The third-order valence-corrected chi connectivity index (χ3v) is 3.06. The van der Waals surface area contributed by atoms with Gasteiger partial charge < -0.3 is 9.32 Å². The molecule has 0 saturated heterocycles. The molecule has 0 aliphatic rings. The van der Waals surface area contributed by atoms with E-state index in [2.05, 4.69) is 10.2 Å². The first-order valence-corrected chi connectivity index (χ1v) is 6.41. The van der Waals surface area contributed by atoms with Crippen LogP contribution in [0, 0.1) is 0 Å². The Morgan fingerprint density at radius 2 is 1.45 bits per heavy atom. The van der Waals surface area contributed by atoms with E-state index in [1.807, 2.05) is 73.6 Å². The van der Waals surface area contributed by atoms with Gasteiger partial charge in [0.15, 0.2) is 0 Å². The van der Waals surface area contributed by atoms with Crippen LogP contribution in [0.2, 0.25) is 0 Å². The molecule has 0 fully saturated rings. The van der Waals surface area contributed by atoms with Crippen LogP contribution in [-0.4, -0.2) is 24.3 Å². The van der Waals surface area contributed by atoms with E-state index >= 15 is 0 Å². The lowest BCUT2D eigenvalue weighted by Crippen LogP contribution is -2.08. The maximum absolute atomic E-state index is 5.75. The second-order valence-electron chi connectivity index (χ2n) is 4.72. The number of nitrogens with zero attached hydrogens (tertiary/aromatic N) is 3. The SMILES string of the molecule is CN(C)c1cccc(-c2nnc(-c3ccccc3)o2)c1. The molecule has 0 saturated carbocycles. The van der Waals surface area contributed by atoms with Crippen molar-refractivity contribution in [2.75, 3.05) is 19.0 Å². The molecule has 0 radical (unpaired) electrons. The van der Waals surface area contributed by atoms with E-state index in [0.717, 1.165) is 16.8 Å². The predicted octanol–water partition coefficient (Wildman–Crippen LogP) is 3.47. The van der Waals surface area contributed by atoms with Crippen molar-refractivity contribution in [2.45, 2.75) is 0 Å². The molecule has 0 atom stereocenters. The molecule has 1 heterocycles. The number of aromatic nitrogens is 2. The van der Waals surface area contributed by atoms with Crippen LogP contribution in [0.25, 0.3) is 22.9 Å². The Morgan fingerprint density at radius 3 is 2.15 bits per heavy atom. The molecule has 100 valence electrons. The highest BCUT2D eigenvalue weighted by Crippen LogP contribution is 2.26. The Labute approximate surface area is 117 Å². The Morgan fingerprint density at radius 1 is 0.800 bits per heavy atom. The van der Waals surface area contributed by atoms with Crippen molar-refractivity contribution < 1.29 is 4.42 Å². The van der Waals surface area contributed by atoms with Crippen molar-refractivity contribution >= 4 is 5.69 Å². The molecular formula is C16H15N3O. The van der Waals surface area contributed by atoms with Crippen LogP contribution >= 0.6 is 0 Å². The second-order valence-corrected chi connectivity index (χ2v) is 4.72. The largest absolute Gasteiger partial charge is 0.416 e. The van der Waals surface area contributed by atoms with Gasteiger partial charge in [0, 0.05) is 30.9 Å². The summed E-state index contributed by atoms with van der Waals surface area (Å²) < 4.78 is 5.75. The third kappa shape index (κ3) is 2.40. The fraction of sp³-hybridized carbons (Fsp3) is 0.125. The molecule has 20 heavy (non-hydrogen) atoms. The smallest absolute Gasteiger partial charge is 0.248 e. The molecule has 3 rings (SSSR count). The molecule has 2 aromatic carbocycles. The van der Waals surface area contributed by atoms with Gasteiger partial charge in [-0.15, -0.1) is 10.2 Å². The summed E-state index contributed by atoms with van der Waals surface area (Å²) in [6.45, 7) is 0. The normalized spacial score (nSPS) is 10.5. The van der Waals surface area contributed by atoms with Gasteiger partial charge in [-0.2, -0.15) is 0 Å².